The van der Waals surface area contributed by atoms with Crippen molar-refractivity contribution in [2.75, 3.05) is 20.1 Å². The monoisotopic (exact) mass is 210 g/mol. The summed E-state index contributed by atoms with van der Waals surface area (Å²) in [6.45, 7) is 1.50. The quantitative estimate of drug-likeness (QED) is 0.758. The van der Waals surface area contributed by atoms with Crippen LogP contribution in [0.5, 0.6) is 0 Å². The van der Waals surface area contributed by atoms with Gasteiger partial charge in [-0.15, -0.1) is 0 Å². The molecule has 3 nitrogen and oxygen atoms in total. The standard InChI is InChI=1S/C12H22N2O/c1-14(6-2-5-13)12(15)11-8-9-3-4-10(11)7-9/h9-11H,2-8,13H2,1H3. The summed E-state index contributed by atoms with van der Waals surface area (Å²) >= 11 is 0. The van der Waals surface area contributed by atoms with E-state index in [4.69, 9.17) is 5.73 Å². The second-order valence-electron chi connectivity index (χ2n) is 5.18. The Bertz CT molecular complexity index is 242. The number of nitrogens with two attached hydrogens (primary N) is 1. The van der Waals surface area contributed by atoms with Gasteiger partial charge in [0.15, 0.2) is 0 Å². The summed E-state index contributed by atoms with van der Waals surface area (Å²) in [5.41, 5.74) is 5.45. The first kappa shape index (κ1) is 10.9. The minimum atomic E-state index is 0.339. The molecule has 0 saturated heterocycles. The number of nitrogens with zero attached hydrogens (tertiary/aromatic N) is 1. The summed E-state index contributed by atoms with van der Waals surface area (Å²) in [7, 11) is 1.92. The van der Waals surface area contributed by atoms with Gasteiger partial charge in [0, 0.05) is 19.5 Å². The highest BCUT2D eigenvalue weighted by Crippen LogP contribution is 2.48. The van der Waals surface area contributed by atoms with Crippen LogP contribution in [-0.4, -0.2) is 30.9 Å². The van der Waals surface area contributed by atoms with Gasteiger partial charge in [-0.2, -0.15) is 0 Å². The zero-order valence-corrected chi connectivity index (χ0v) is 9.61. The van der Waals surface area contributed by atoms with Crippen molar-refractivity contribution in [3.05, 3.63) is 0 Å². The molecule has 15 heavy (non-hydrogen) atoms. The molecule has 2 fully saturated rings. The summed E-state index contributed by atoms with van der Waals surface area (Å²) < 4.78 is 0. The molecule has 0 aromatic heterocycles. The molecule has 2 N–H and O–H groups in total. The first-order valence-electron chi connectivity index (χ1n) is 6.17. The van der Waals surface area contributed by atoms with Gasteiger partial charge >= 0.3 is 0 Å². The topological polar surface area (TPSA) is 46.3 Å². The number of fused-ring (bicyclic) bond motifs is 2. The van der Waals surface area contributed by atoms with Gasteiger partial charge in [-0.3, -0.25) is 4.79 Å². The molecule has 3 heteroatoms. The highest BCUT2D eigenvalue weighted by Gasteiger charge is 2.43. The van der Waals surface area contributed by atoms with Crippen LogP contribution in [0.25, 0.3) is 0 Å². The van der Waals surface area contributed by atoms with Crippen LogP contribution < -0.4 is 5.73 Å². The van der Waals surface area contributed by atoms with Gasteiger partial charge in [0.1, 0.15) is 0 Å². The van der Waals surface area contributed by atoms with E-state index in [1.54, 1.807) is 0 Å². The van der Waals surface area contributed by atoms with E-state index in [1.807, 2.05) is 11.9 Å². The first-order valence-corrected chi connectivity index (χ1v) is 6.17. The van der Waals surface area contributed by atoms with Gasteiger partial charge < -0.3 is 10.6 Å². The van der Waals surface area contributed by atoms with Gasteiger partial charge in [0.2, 0.25) is 5.91 Å². The van der Waals surface area contributed by atoms with E-state index in [0.29, 0.717) is 24.3 Å². The lowest BCUT2D eigenvalue weighted by atomic mass is 9.88. The molecule has 3 atom stereocenters. The Balaban J connectivity index is 1.85. The molecule has 2 rings (SSSR count). The molecular formula is C12H22N2O. The molecule has 0 radical (unpaired) electrons. The van der Waals surface area contributed by atoms with Crippen LogP contribution >= 0.6 is 0 Å². The molecular weight excluding hydrogens is 188 g/mol. The Kier molecular flexibility index (Phi) is 3.29. The zero-order chi connectivity index (χ0) is 10.8. The second-order valence-corrected chi connectivity index (χ2v) is 5.18. The molecule has 0 heterocycles. The molecule has 0 aromatic rings. The van der Waals surface area contributed by atoms with Crippen LogP contribution in [0.3, 0.4) is 0 Å². The molecule has 2 aliphatic rings. The average molecular weight is 210 g/mol. The molecule has 2 bridgehead atoms. The van der Waals surface area contributed by atoms with E-state index in [-0.39, 0.29) is 0 Å². The maximum Gasteiger partial charge on any atom is 0.225 e. The van der Waals surface area contributed by atoms with Crippen LogP contribution in [0.2, 0.25) is 0 Å². The van der Waals surface area contributed by atoms with Crippen molar-refractivity contribution in [2.45, 2.75) is 32.1 Å². The molecule has 2 saturated carbocycles. The van der Waals surface area contributed by atoms with Crippen LogP contribution in [-0.2, 0) is 4.79 Å². The maximum atomic E-state index is 12.1. The number of amides is 1. The third kappa shape index (κ3) is 2.17. The molecule has 86 valence electrons. The minimum absolute atomic E-state index is 0.339. The summed E-state index contributed by atoms with van der Waals surface area (Å²) in [4.78, 5) is 14.0. The van der Waals surface area contributed by atoms with Crippen molar-refractivity contribution >= 4 is 5.91 Å². The van der Waals surface area contributed by atoms with E-state index in [9.17, 15) is 4.79 Å². The van der Waals surface area contributed by atoms with E-state index in [1.165, 1.54) is 19.3 Å². The lowest BCUT2D eigenvalue weighted by molar-refractivity contribution is -0.135. The number of hydrogen-bond donors (Lipinski definition) is 1. The largest absolute Gasteiger partial charge is 0.345 e. The van der Waals surface area contributed by atoms with Gasteiger partial charge in [0.05, 0.1) is 0 Å². The van der Waals surface area contributed by atoms with Crippen molar-refractivity contribution in [1.82, 2.24) is 4.90 Å². The Morgan fingerprint density at radius 1 is 1.40 bits per heavy atom. The van der Waals surface area contributed by atoms with E-state index in [2.05, 4.69) is 0 Å². The average Bonchev–Trinajstić information content (AvgIpc) is 2.86. The highest BCUT2D eigenvalue weighted by molar-refractivity contribution is 5.79. The number of rotatable bonds is 4. The normalized spacial score (nSPS) is 33.3. The van der Waals surface area contributed by atoms with Gasteiger partial charge in [-0.25, -0.2) is 0 Å². The lowest BCUT2D eigenvalue weighted by Crippen LogP contribution is -2.36. The molecule has 2 aliphatic carbocycles. The minimum Gasteiger partial charge on any atom is -0.345 e. The van der Waals surface area contributed by atoms with Crippen molar-refractivity contribution < 1.29 is 4.79 Å². The molecule has 0 spiro atoms. The summed E-state index contributed by atoms with van der Waals surface area (Å²) in [6.07, 6.45) is 6.02. The maximum absolute atomic E-state index is 12.1. The first-order chi connectivity index (χ1) is 7.22. The smallest absolute Gasteiger partial charge is 0.225 e. The Labute approximate surface area is 92.0 Å². The van der Waals surface area contributed by atoms with Crippen LogP contribution in [0.1, 0.15) is 32.1 Å². The number of hydrogen-bond acceptors (Lipinski definition) is 2. The predicted molar refractivity (Wildman–Crippen MR) is 60.2 cm³/mol. The predicted octanol–water partition coefficient (Wildman–Crippen LogP) is 1.23. The molecule has 3 unspecified atom stereocenters. The molecule has 0 aliphatic heterocycles. The van der Waals surface area contributed by atoms with Crippen LogP contribution in [0.4, 0.5) is 0 Å². The van der Waals surface area contributed by atoms with Gasteiger partial charge in [0.25, 0.3) is 0 Å². The number of carbonyl (C=O) groups is 1. The third-order valence-corrected chi connectivity index (χ3v) is 4.13. The molecule has 0 aromatic carbocycles. The highest BCUT2D eigenvalue weighted by atomic mass is 16.2. The van der Waals surface area contributed by atoms with Gasteiger partial charge in [-0.05, 0) is 44.1 Å². The third-order valence-electron chi connectivity index (χ3n) is 4.13. The van der Waals surface area contributed by atoms with E-state index >= 15 is 0 Å². The Hall–Kier alpha value is -0.570. The van der Waals surface area contributed by atoms with Crippen LogP contribution in [0, 0.1) is 17.8 Å². The van der Waals surface area contributed by atoms with E-state index < -0.39 is 0 Å². The fraction of sp³-hybridized carbons (Fsp3) is 0.917. The fourth-order valence-electron chi connectivity index (χ4n) is 3.27. The second kappa shape index (κ2) is 4.52. The van der Waals surface area contributed by atoms with E-state index in [0.717, 1.165) is 25.3 Å². The van der Waals surface area contributed by atoms with Crippen molar-refractivity contribution in [3.63, 3.8) is 0 Å². The van der Waals surface area contributed by atoms with Crippen molar-refractivity contribution in [3.8, 4) is 0 Å². The Morgan fingerprint density at radius 2 is 2.20 bits per heavy atom. The summed E-state index contributed by atoms with van der Waals surface area (Å²) in [5.74, 6) is 2.26. The van der Waals surface area contributed by atoms with Crippen LogP contribution in [0.15, 0.2) is 0 Å². The molecule has 1 amide bonds. The number of carbonyl (C=O) groups excluding carboxylic acids is 1. The fourth-order valence-corrected chi connectivity index (χ4v) is 3.27. The van der Waals surface area contributed by atoms with Gasteiger partial charge in [-0.1, -0.05) is 6.42 Å². The van der Waals surface area contributed by atoms with Crippen molar-refractivity contribution in [1.29, 1.82) is 0 Å². The summed E-state index contributed by atoms with van der Waals surface area (Å²) in [6, 6.07) is 0. The zero-order valence-electron chi connectivity index (χ0n) is 9.61. The lowest BCUT2D eigenvalue weighted by Gasteiger charge is -2.26. The summed E-state index contributed by atoms with van der Waals surface area (Å²) in [5, 5.41) is 0. The SMILES string of the molecule is CN(CCCN)C(=O)C1CC2CCC1C2. The van der Waals surface area contributed by atoms with Crippen molar-refractivity contribution in [2.24, 2.45) is 23.5 Å². The Morgan fingerprint density at radius 3 is 2.73 bits per heavy atom.